The van der Waals surface area contributed by atoms with Gasteiger partial charge in [0.2, 0.25) is 0 Å². The predicted molar refractivity (Wildman–Crippen MR) is 68.8 cm³/mol. The van der Waals surface area contributed by atoms with Crippen LogP contribution in [0, 0.1) is 5.82 Å². The Kier molecular flexibility index (Phi) is 3.79. The summed E-state index contributed by atoms with van der Waals surface area (Å²) in [6.07, 6.45) is 2.41. The number of rotatable bonds is 5. The normalized spacial score (nSPS) is 10.4. The van der Waals surface area contributed by atoms with Crippen molar-refractivity contribution < 1.29 is 14.3 Å². The number of carbonyl (C=O) groups is 1. The SMILES string of the molecule is Cn1nccc1CCNc1ccc(C(=O)O)cc1F. The second kappa shape index (κ2) is 5.51. The average molecular weight is 263 g/mol. The van der Waals surface area contributed by atoms with E-state index in [0.29, 0.717) is 18.7 Å². The summed E-state index contributed by atoms with van der Waals surface area (Å²) < 4.78 is 15.4. The van der Waals surface area contributed by atoms with Crippen molar-refractivity contribution in [3.05, 3.63) is 47.5 Å². The highest BCUT2D eigenvalue weighted by atomic mass is 19.1. The molecule has 0 aliphatic rings. The van der Waals surface area contributed by atoms with Crippen molar-refractivity contribution in [1.29, 1.82) is 0 Å². The fourth-order valence-electron chi connectivity index (χ4n) is 1.76. The topological polar surface area (TPSA) is 67.2 Å². The third-order valence-electron chi connectivity index (χ3n) is 2.84. The maximum atomic E-state index is 13.6. The van der Waals surface area contributed by atoms with E-state index >= 15 is 0 Å². The van der Waals surface area contributed by atoms with E-state index in [9.17, 15) is 9.18 Å². The van der Waals surface area contributed by atoms with E-state index in [2.05, 4.69) is 10.4 Å². The van der Waals surface area contributed by atoms with Gasteiger partial charge < -0.3 is 10.4 Å². The van der Waals surface area contributed by atoms with Crippen LogP contribution in [0.1, 0.15) is 16.1 Å². The van der Waals surface area contributed by atoms with Crippen molar-refractivity contribution in [1.82, 2.24) is 9.78 Å². The molecule has 0 atom stereocenters. The van der Waals surface area contributed by atoms with Crippen LogP contribution in [0.4, 0.5) is 10.1 Å². The third kappa shape index (κ3) is 3.09. The number of aryl methyl sites for hydroxylation is 1. The minimum absolute atomic E-state index is 0.0605. The van der Waals surface area contributed by atoms with Gasteiger partial charge in [-0.05, 0) is 24.3 Å². The van der Waals surface area contributed by atoms with Crippen LogP contribution in [0.5, 0.6) is 0 Å². The number of benzene rings is 1. The van der Waals surface area contributed by atoms with Crippen molar-refractivity contribution in [3.63, 3.8) is 0 Å². The number of halogens is 1. The highest BCUT2D eigenvalue weighted by Gasteiger charge is 2.08. The number of nitrogens with zero attached hydrogens (tertiary/aromatic N) is 2. The number of anilines is 1. The van der Waals surface area contributed by atoms with Gasteiger partial charge in [-0.15, -0.1) is 0 Å². The summed E-state index contributed by atoms with van der Waals surface area (Å²) in [5, 5.41) is 15.7. The Balaban J connectivity index is 1.96. The Hall–Kier alpha value is -2.37. The maximum Gasteiger partial charge on any atom is 0.335 e. The van der Waals surface area contributed by atoms with Gasteiger partial charge in [0, 0.05) is 31.9 Å². The molecule has 0 bridgehead atoms. The van der Waals surface area contributed by atoms with Gasteiger partial charge in [0.15, 0.2) is 0 Å². The number of aromatic nitrogens is 2. The smallest absolute Gasteiger partial charge is 0.335 e. The molecule has 0 spiro atoms. The lowest BCUT2D eigenvalue weighted by Gasteiger charge is -2.08. The standard InChI is InChI=1S/C13H14FN3O2/c1-17-10(5-7-16-17)4-6-15-12-3-2-9(13(18)19)8-11(12)14/h2-3,5,7-8,15H,4,6H2,1H3,(H,18,19). The predicted octanol–water partition coefficient (Wildman–Crippen LogP) is 1.91. The molecular formula is C13H14FN3O2. The lowest BCUT2D eigenvalue weighted by atomic mass is 10.2. The number of carboxylic acids is 1. The molecule has 0 fully saturated rings. The quantitative estimate of drug-likeness (QED) is 0.864. The fraction of sp³-hybridized carbons (Fsp3) is 0.231. The molecule has 0 aliphatic heterocycles. The summed E-state index contributed by atoms with van der Waals surface area (Å²) in [6, 6.07) is 5.71. The lowest BCUT2D eigenvalue weighted by Crippen LogP contribution is -2.09. The average Bonchev–Trinajstić information content (AvgIpc) is 2.77. The van der Waals surface area contributed by atoms with Crippen LogP contribution in [-0.2, 0) is 13.5 Å². The Morgan fingerprint density at radius 3 is 2.84 bits per heavy atom. The molecule has 1 heterocycles. The van der Waals surface area contributed by atoms with E-state index in [0.717, 1.165) is 11.8 Å². The van der Waals surface area contributed by atoms with Gasteiger partial charge in [0.05, 0.1) is 11.3 Å². The molecule has 0 saturated heterocycles. The van der Waals surface area contributed by atoms with Crippen LogP contribution in [-0.4, -0.2) is 27.4 Å². The molecule has 5 nitrogen and oxygen atoms in total. The van der Waals surface area contributed by atoms with Gasteiger partial charge in [0.1, 0.15) is 5.82 Å². The van der Waals surface area contributed by atoms with Crippen LogP contribution in [0.25, 0.3) is 0 Å². The Morgan fingerprint density at radius 2 is 2.26 bits per heavy atom. The van der Waals surface area contributed by atoms with E-state index in [1.165, 1.54) is 12.1 Å². The van der Waals surface area contributed by atoms with Crippen LogP contribution in [0.15, 0.2) is 30.5 Å². The number of hydrogen-bond donors (Lipinski definition) is 2. The molecule has 0 saturated carbocycles. The van der Waals surface area contributed by atoms with E-state index in [1.54, 1.807) is 10.9 Å². The third-order valence-corrected chi connectivity index (χ3v) is 2.84. The first-order valence-electron chi connectivity index (χ1n) is 5.81. The summed E-state index contributed by atoms with van der Waals surface area (Å²) in [5.74, 6) is -1.70. The van der Waals surface area contributed by atoms with E-state index in [1.807, 2.05) is 13.1 Å². The van der Waals surface area contributed by atoms with Crippen molar-refractivity contribution >= 4 is 11.7 Å². The first-order chi connectivity index (χ1) is 9.08. The highest BCUT2D eigenvalue weighted by molar-refractivity contribution is 5.88. The highest BCUT2D eigenvalue weighted by Crippen LogP contribution is 2.15. The molecule has 1 aromatic carbocycles. The van der Waals surface area contributed by atoms with Crippen LogP contribution in [0.3, 0.4) is 0 Å². The summed E-state index contributed by atoms with van der Waals surface area (Å²) >= 11 is 0. The van der Waals surface area contributed by atoms with Crippen LogP contribution >= 0.6 is 0 Å². The number of hydrogen-bond acceptors (Lipinski definition) is 3. The molecule has 2 rings (SSSR count). The molecule has 100 valence electrons. The van der Waals surface area contributed by atoms with Crippen molar-refractivity contribution in [3.8, 4) is 0 Å². The molecule has 0 amide bonds. The minimum atomic E-state index is -1.14. The van der Waals surface area contributed by atoms with E-state index in [4.69, 9.17) is 5.11 Å². The van der Waals surface area contributed by atoms with Gasteiger partial charge in [-0.1, -0.05) is 0 Å². The molecule has 0 aliphatic carbocycles. The Bertz CT molecular complexity index is 595. The first-order valence-corrected chi connectivity index (χ1v) is 5.81. The van der Waals surface area contributed by atoms with E-state index < -0.39 is 11.8 Å². The zero-order chi connectivity index (χ0) is 13.8. The Labute approximate surface area is 109 Å². The molecule has 0 radical (unpaired) electrons. The number of nitrogens with one attached hydrogen (secondary N) is 1. The second-order valence-corrected chi connectivity index (χ2v) is 4.12. The van der Waals surface area contributed by atoms with Crippen molar-refractivity contribution in [2.45, 2.75) is 6.42 Å². The second-order valence-electron chi connectivity index (χ2n) is 4.12. The fourth-order valence-corrected chi connectivity index (χ4v) is 1.76. The van der Waals surface area contributed by atoms with Gasteiger partial charge in [0.25, 0.3) is 0 Å². The van der Waals surface area contributed by atoms with Gasteiger partial charge in [-0.25, -0.2) is 9.18 Å². The monoisotopic (exact) mass is 263 g/mol. The molecule has 19 heavy (non-hydrogen) atoms. The zero-order valence-electron chi connectivity index (χ0n) is 10.4. The summed E-state index contributed by atoms with van der Waals surface area (Å²) in [4.78, 5) is 10.7. The maximum absolute atomic E-state index is 13.6. The van der Waals surface area contributed by atoms with Crippen molar-refractivity contribution in [2.75, 3.05) is 11.9 Å². The molecule has 6 heteroatoms. The summed E-state index contributed by atoms with van der Waals surface area (Å²) in [6.45, 7) is 0.545. The molecule has 2 aromatic rings. The molecule has 0 unspecified atom stereocenters. The van der Waals surface area contributed by atoms with Crippen molar-refractivity contribution in [2.24, 2.45) is 7.05 Å². The molecule has 1 aromatic heterocycles. The van der Waals surface area contributed by atoms with Gasteiger partial charge in [-0.3, -0.25) is 4.68 Å². The molecular weight excluding hydrogens is 249 g/mol. The van der Waals surface area contributed by atoms with Crippen LogP contribution in [0.2, 0.25) is 0 Å². The Morgan fingerprint density at radius 1 is 1.47 bits per heavy atom. The first kappa shape index (κ1) is 13.1. The zero-order valence-corrected chi connectivity index (χ0v) is 10.4. The summed E-state index contributed by atoms with van der Waals surface area (Å²) in [5.41, 5.74) is 1.27. The minimum Gasteiger partial charge on any atom is -0.478 e. The molecule has 2 N–H and O–H groups in total. The van der Waals surface area contributed by atoms with E-state index in [-0.39, 0.29) is 5.56 Å². The van der Waals surface area contributed by atoms with Gasteiger partial charge in [-0.2, -0.15) is 5.10 Å². The lowest BCUT2D eigenvalue weighted by molar-refractivity contribution is 0.0696. The van der Waals surface area contributed by atoms with Gasteiger partial charge >= 0.3 is 5.97 Å². The summed E-state index contributed by atoms with van der Waals surface area (Å²) in [7, 11) is 1.84. The number of carboxylic acid groups (broad SMARTS) is 1. The largest absolute Gasteiger partial charge is 0.478 e. The number of aromatic carboxylic acids is 1. The van der Waals surface area contributed by atoms with Crippen LogP contribution < -0.4 is 5.32 Å².